The standard InChI is InChI=1S/C13H20N8/c1-2-10(7-9-3-4-9)16-11-17-12(20-14)19-13(18-11)21-6-5-15-8-21/h5-6,8-10H,2-4,7,14H2,1H3,(H2,16,17,18,19,20). The van der Waals surface area contributed by atoms with Crippen molar-refractivity contribution in [3.63, 3.8) is 0 Å². The molecule has 0 aliphatic heterocycles. The molecule has 0 aromatic carbocycles. The summed E-state index contributed by atoms with van der Waals surface area (Å²) in [6, 6.07) is 0.376. The highest BCUT2D eigenvalue weighted by atomic mass is 15.4. The smallest absolute Gasteiger partial charge is 0.243 e. The number of hydrogen-bond donors (Lipinski definition) is 3. The number of imidazole rings is 1. The van der Waals surface area contributed by atoms with Crippen LogP contribution < -0.4 is 16.6 Å². The van der Waals surface area contributed by atoms with E-state index in [2.05, 4.69) is 37.6 Å². The van der Waals surface area contributed by atoms with Gasteiger partial charge in [0.25, 0.3) is 0 Å². The zero-order valence-electron chi connectivity index (χ0n) is 12.0. The number of rotatable bonds is 7. The van der Waals surface area contributed by atoms with E-state index in [1.807, 2.05) is 0 Å². The first-order valence-electron chi connectivity index (χ1n) is 7.26. The maximum absolute atomic E-state index is 5.44. The van der Waals surface area contributed by atoms with E-state index >= 15 is 0 Å². The number of nitrogens with one attached hydrogen (secondary N) is 2. The van der Waals surface area contributed by atoms with Crippen molar-refractivity contribution in [1.29, 1.82) is 0 Å². The van der Waals surface area contributed by atoms with Crippen LogP contribution in [0, 0.1) is 5.92 Å². The minimum atomic E-state index is 0.331. The molecule has 1 aliphatic rings. The fraction of sp³-hybridized carbons (Fsp3) is 0.538. The third kappa shape index (κ3) is 3.46. The lowest BCUT2D eigenvalue weighted by Gasteiger charge is -2.17. The van der Waals surface area contributed by atoms with Crippen LogP contribution in [-0.2, 0) is 0 Å². The van der Waals surface area contributed by atoms with E-state index < -0.39 is 0 Å². The SMILES string of the molecule is CCC(CC1CC1)Nc1nc(NN)nc(-n2ccnc2)n1. The predicted molar refractivity (Wildman–Crippen MR) is 79.8 cm³/mol. The number of aromatic nitrogens is 5. The van der Waals surface area contributed by atoms with Gasteiger partial charge in [-0.3, -0.25) is 9.99 Å². The van der Waals surface area contributed by atoms with Gasteiger partial charge in [-0.05, 0) is 18.8 Å². The number of hydrazine groups is 1. The Labute approximate surface area is 123 Å². The summed E-state index contributed by atoms with van der Waals surface area (Å²) in [7, 11) is 0. The fourth-order valence-corrected chi connectivity index (χ4v) is 2.25. The largest absolute Gasteiger partial charge is 0.351 e. The molecule has 8 heteroatoms. The summed E-state index contributed by atoms with van der Waals surface area (Å²) in [6.45, 7) is 2.17. The zero-order valence-corrected chi connectivity index (χ0v) is 12.0. The van der Waals surface area contributed by atoms with Crippen molar-refractivity contribution < 1.29 is 0 Å². The molecule has 1 unspecified atom stereocenters. The minimum absolute atomic E-state index is 0.331. The van der Waals surface area contributed by atoms with Crippen molar-refractivity contribution in [2.45, 2.75) is 38.6 Å². The maximum atomic E-state index is 5.44. The molecule has 21 heavy (non-hydrogen) atoms. The van der Waals surface area contributed by atoms with Gasteiger partial charge in [-0.25, -0.2) is 10.8 Å². The van der Waals surface area contributed by atoms with E-state index in [0.29, 0.717) is 23.9 Å². The highest BCUT2D eigenvalue weighted by molar-refractivity contribution is 5.37. The normalized spacial score (nSPS) is 15.7. The van der Waals surface area contributed by atoms with E-state index in [4.69, 9.17) is 5.84 Å². The van der Waals surface area contributed by atoms with Gasteiger partial charge in [0.2, 0.25) is 17.8 Å². The molecule has 0 radical (unpaired) electrons. The molecule has 1 aliphatic carbocycles. The molecule has 0 bridgehead atoms. The van der Waals surface area contributed by atoms with Crippen LogP contribution in [0.25, 0.3) is 5.95 Å². The monoisotopic (exact) mass is 288 g/mol. The molecule has 2 heterocycles. The molecule has 0 saturated heterocycles. The van der Waals surface area contributed by atoms with Gasteiger partial charge >= 0.3 is 0 Å². The van der Waals surface area contributed by atoms with E-state index in [-0.39, 0.29) is 0 Å². The first-order valence-corrected chi connectivity index (χ1v) is 7.26. The summed E-state index contributed by atoms with van der Waals surface area (Å²) in [5.41, 5.74) is 2.48. The number of nitrogens with zero attached hydrogens (tertiary/aromatic N) is 5. The Morgan fingerprint density at radius 2 is 2.14 bits per heavy atom. The molecule has 1 fully saturated rings. The van der Waals surface area contributed by atoms with Crippen LogP contribution in [0.15, 0.2) is 18.7 Å². The summed E-state index contributed by atoms with van der Waals surface area (Å²) in [6.07, 6.45) is 9.97. The highest BCUT2D eigenvalue weighted by Crippen LogP contribution is 2.34. The quantitative estimate of drug-likeness (QED) is 0.521. The van der Waals surface area contributed by atoms with Crippen LogP contribution in [-0.4, -0.2) is 30.5 Å². The highest BCUT2D eigenvalue weighted by Gasteiger charge is 2.25. The molecular weight excluding hydrogens is 268 g/mol. The number of nitrogens with two attached hydrogens (primary N) is 1. The Bertz CT molecular complexity index is 578. The average Bonchev–Trinajstić information content (AvgIpc) is 3.15. The van der Waals surface area contributed by atoms with Crippen molar-refractivity contribution in [1.82, 2.24) is 24.5 Å². The molecule has 8 nitrogen and oxygen atoms in total. The summed E-state index contributed by atoms with van der Waals surface area (Å²) >= 11 is 0. The molecule has 1 atom stereocenters. The summed E-state index contributed by atoms with van der Waals surface area (Å²) in [4.78, 5) is 16.9. The lowest BCUT2D eigenvalue weighted by molar-refractivity contribution is 0.582. The lowest BCUT2D eigenvalue weighted by Crippen LogP contribution is -2.22. The Morgan fingerprint density at radius 1 is 1.33 bits per heavy atom. The Kier molecular flexibility index (Phi) is 3.96. The van der Waals surface area contributed by atoms with E-state index in [9.17, 15) is 0 Å². The second-order valence-electron chi connectivity index (χ2n) is 5.33. The number of nitrogen functional groups attached to an aromatic ring is 1. The summed E-state index contributed by atoms with van der Waals surface area (Å²) < 4.78 is 1.72. The van der Waals surface area contributed by atoms with E-state index in [1.165, 1.54) is 12.8 Å². The van der Waals surface area contributed by atoms with Crippen molar-refractivity contribution >= 4 is 11.9 Å². The predicted octanol–water partition coefficient (Wildman–Crippen LogP) is 1.33. The van der Waals surface area contributed by atoms with Crippen LogP contribution in [0.3, 0.4) is 0 Å². The zero-order chi connectivity index (χ0) is 14.7. The average molecular weight is 288 g/mol. The Morgan fingerprint density at radius 3 is 2.76 bits per heavy atom. The van der Waals surface area contributed by atoms with Crippen LogP contribution >= 0.6 is 0 Å². The number of anilines is 2. The first kappa shape index (κ1) is 13.7. The molecule has 2 aromatic heterocycles. The van der Waals surface area contributed by atoms with Crippen molar-refractivity contribution in [3.05, 3.63) is 18.7 Å². The van der Waals surface area contributed by atoms with Gasteiger partial charge in [-0.1, -0.05) is 19.8 Å². The summed E-state index contributed by atoms with van der Waals surface area (Å²) in [5, 5.41) is 3.39. The molecule has 2 aromatic rings. The first-order chi connectivity index (χ1) is 10.3. The molecule has 112 valence electrons. The van der Waals surface area contributed by atoms with Crippen molar-refractivity contribution in [3.8, 4) is 5.95 Å². The van der Waals surface area contributed by atoms with Crippen LogP contribution in [0.4, 0.5) is 11.9 Å². The molecular formula is C13H20N8. The van der Waals surface area contributed by atoms with Crippen molar-refractivity contribution in [2.24, 2.45) is 11.8 Å². The van der Waals surface area contributed by atoms with Crippen LogP contribution in [0.1, 0.15) is 32.6 Å². The maximum Gasteiger partial charge on any atom is 0.243 e. The van der Waals surface area contributed by atoms with Gasteiger partial charge in [0.1, 0.15) is 6.33 Å². The lowest BCUT2D eigenvalue weighted by atomic mass is 10.1. The van der Waals surface area contributed by atoms with E-state index in [0.717, 1.165) is 18.8 Å². The fourth-order valence-electron chi connectivity index (χ4n) is 2.25. The third-order valence-electron chi connectivity index (χ3n) is 3.63. The number of hydrogen-bond acceptors (Lipinski definition) is 7. The Balaban J connectivity index is 1.81. The van der Waals surface area contributed by atoms with Crippen molar-refractivity contribution in [2.75, 3.05) is 10.7 Å². The van der Waals surface area contributed by atoms with Crippen LogP contribution in [0.2, 0.25) is 0 Å². The molecule has 3 rings (SSSR count). The van der Waals surface area contributed by atoms with Crippen LogP contribution in [0.5, 0.6) is 0 Å². The Hall–Kier alpha value is -2.22. The second-order valence-corrected chi connectivity index (χ2v) is 5.33. The van der Waals surface area contributed by atoms with Gasteiger partial charge in [0, 0.05) is 18.4 Å². The molecule has 4 N–H and O–H groups in total. The van der Waals surface area contributed by atoms with Gasteiger partial charge < -0.3 is 5.32 Å². The van der Waals surface area contributed by atoms with E-state index in [1.54, 1.807) is 23.3 Å². The third-order valence-corrected chi connectivity index (χ3v) is 3.63. The second kappa shape index (κ2) is 6.04. The van der Waals surface area contributed by atoms with Gasteiger partial charge in [0.15, 0.2) is 0 Å². The van der Waals surface area contributed by atoms with Gasteiger partial charge in [-0.2, -0.15) is 15.0 Å². The molecule has 0 spiro atoms. The minimum Gasteiger partial charge on any atom is -0.351 e. The van der Waals surface area contributed by atoms with Gasteiger partial charge in [0.05, 0.1) is 0 Å². The molecule has 0 amide bonds. The topological polar surface area (TPSA) is 107 Å². The molecule has 1 saturated carbocycles. The summed E-state index contributed by atoms with van der Waals surface area (Å²) in [5.74, 6) is 7.64. The van der Waals surface area contributed by atoms with Gasteiger partial charge in [-0.15, -0.1) is 0 Å².